The summed E-state index contributed by atoms with van der Waals surface area (Å²) in [5.41, 5.74) is 13.8. The largest absolute Gasteiger partial charge is 0.490 e. The zero-order valence-corrected chi connectivity index (χ0v) is 21.7. The van der Waals surface area contributed by atoms with Crippen LogP contribution in [0, 0.1) is 0 Å². The summed E-state index contributed by atoms with van der Waals surface area (Å²) in [7, 11) is 5.13. The first-order valence-electron chi connectivity index (χ1n) is 12.2. The van der Waals surface area contributed by atoms with Gasteiger partial charge in [-0.1, -0.05) is 6.92 Å². The first-order valence-corrected chi connectivity index (χ1v) is 12.2. The molecule has 10 heteroatoms. The van der Waals surface area contributed by atoms with Gasteiger partial charge in [-0.3, -0.25) is 4.79 Å². The van der Waals surface area contributed by atoms with Crippen LogP contribution in [0.2, 0.25) is 0 Å². The number of nitrogens with one attached hydrogen (secondary N) is 2. The van der Waals surface area contributed by atoms with Gasteiger partial charge in [-0.05, 0) is 57.1 Å². The zero-order valence-electron chi connectivity index (χ0n) is 21.7. The van der Waals surface area contributed by atoms with Gasteiger partial charge < -0.3 is 41.3 Å². The lowest BCUT2D eigenvalue weighted by molar-refractivity contribution is 0.0962. The van der Waals surface area contributed by atoms with Crippen molar-refractivity contribution < 1.29 is 19.0 Å². The molecule has 0 aromatic heterocycles. The fourth-order valence-electron chi connectivity index (χ4n) is 3.22. The highest BCUT2D eigenvalue weighted by Crippen LogP contribution is 2.39. The maximum Gasteiger partial charge on any atom is 0.251 e. The van der Waals surface area contributed by atoms with Crippen molar-refractivity contribution >= 4 is 5.91 Å². The van der Waals surface area contributed by atoms with Crippen LogP contribution in [0.25, 0.3) is 0 Å². The number of benzene rings is 1. The van der Waals surface area contributed by atoms with Crippen LogP contribution in [0.4, 0.5) is 0 Å². The van der Waals surface area contributed by atoms with Crippen molar-refractivity contribution in [3.05, 3.63) is 41.5 Å². The minimum absolute atomic E-state index is 0.226. The third-order valence-corrected chi connectivity index (χ3v) is 4.89. The van der Waals surface area contributed by atoms with E-state index < -0.39 is 0 Å². The second kappa shape index (κ2) is 17.2. The molecule has 198 valence electrons. The zero-order chi connectivity index (χ0) is 26.1. The first-order chi connectivity index (χ1) is 16.8. The number of allylic oxidation sites excluding steroid dienone is 2. The molecule has 0 heterocycles. The Balaban J connectivity index is 2.90. The normalized spacial score (nSPS) is 11.7. The van der Waals surface area contributed by atoms with Crippen molar-refractivity contribution in [3.63, 3.8) is 0 Å². The van der Waals surface area contributed by atoms with E-state index in [2.05, 4.69) is 10.6 Å². The van der Waals surface area contributed by atoms with E-state index in [0.717, 1.165) is 44.2 Å². The van der Waals surface area contributed by atoms with E-state index in [1.165, 1.54) is 5.01 Å². The lowest BCUT2D eigenvalue weighted by atomic mass is 10.1. The molecule has 0 atom stereocenters. The van der Waals surface area contributed by atoms with E-state index in [0.29, 0.717) is 54.8 Å². The number of hydrazine groups is 1. The number of amides is 1. The Morgan fingerprint density at radius 2 is 1.51 bits per heavy atom. The summed E-state index contributed by atoms with van der Waals surface area (Å²) in [4.78, 5) is 12.4. The molecule has 1 amide bonds. The molecule has 8 N–H and O–H groups in total. The summed E-state index contributed by atoms with van der Waals surface area (Å²) in [6.45, 7) is 3.44. The van der Waals surface area contributed by atoms with Crippen molar-refractivity contribution in [2.24, 2.45) is 17.3 Å². The SMILES string of the molecule is CCCOc1c(OCCCC/C(N)=C/NC)cc(C(=O)NC)cc1OCCCC/C(N)=C/N(C)N. The Morgan fingerprint density at radius 3 is 2.00 bits per heavy atom. The molecule has 0 aliphatic rings. The summed E-state index contributed by atoms with van der Waals surface area (Å²) in [5, 5.41) is 7.01. The molecule has 0 saturated carbocycles. The number of carbonyl (C=O) groups is 1. The van der Waals surface area contributed by atoms with Crippen LogP contribution in [0.5, 0.6) is 17.2 Å². The third kappa shape index (κ3) is 12.1. The lowest BCUT2D eigenvalue weighted by Gasteiger charge is -2.18. The van der Waals surface area contributed by atoms with Gasteiger partial charge in [0.05, 0.1) is 19.8 Å². The van der Waals surface area contributed by atoms with Gasteiger partial charge in [-0.2, -0.15) is 0 Å². The number of nitrogens with zero attached hydrogens (tertiary/aromatic N) is 1. The van der Waals surface area contributed by atoms with E-state index in [4.69, 9.17) is 31.5 Å². The number of hydrogen-bond donors (Lipinski definition) is 5. The average Bonchev–Trinajstić information content (AvgIpc) is 2.81. The highest BCUT2D eigenvalue weighted by Gasteiger charge is 2.18. The minimum atomic E-state index is -0.226. The molecule has 1 aromatic rings. The Morgan fingerprint density at radius 1 is 0.943 bits per heavy atom. The molecular weight excluding hydrogens is 448 g/mol. The Kier molecular flexibility index (Phi) is 14.6. The molecule has 0 spiro atoms. The van der Waals surface area contributed by atoms with Crippen LogP contribution in [-0.4, -0.2) is 51.9 Å². The molecule has 35 heavy (non-hydrogen) atoms. The van der Waals surface area contributed by atoms with E-state index >= 15 is 0 Å². The van der Waals surface area contributed by atoms with E-state index in [-0.39, 0.29) is 5.91 Å². The summed E-state index contributed by atoms with van der Waals surface area (Å²) in [6, 6.07) is 3.39. The number of rotatable bonds is 18. The van der Waals surface area contributed by atoms with Crippen LogP contribution in [0.1, 0.15) is 62.2 Å². The van der Waals surface area contributed by atoms with E-state index in [9.17, 15) is 4.79 Å². The third-order valence-electron chi connectivity index (χ3n) is 4.89. The topological polar surface area (TPSA) is 150 Å². The average molecular weight is 493 g/mol. The summed E-state index contributed by atoms with van der Waals surface area (Å²) >= 11 is 0. The monoisotopic (exact) mass is 492 g/mol. The number of ether oxygens (including phenoxy) is 3. The Labute approximate surface area is 209 Å². The molecule has 0 bridgehead atoms. The van der Waals surface area contributed by atoms with Crippen LogP contribution < -0.4 is 42.2 Å². The molecular formula is C25H44N6O4. The number of unbranched alkanes of at least 4 members (excludes halogenated alkanes) is 2. The maximum atomic E-state index is 12.4. The van der Waals surface area contributed by atoms with E-state index in [1.54, 1.807) is 38.6 Å². The van der Waals surface area contributed by atoms with Gasteiger partial charge in [0.25, 0.3) is 5.91 Å². The summed E-state index contributed by atoms with van der Waals surface area (Å²) < 4.78 is 18.1. The lowest BCUT2D eigenvalue weighted by Crippen LogP contribution is -2.20. The second-order valence-electron chi connectivity index (χ2n) is 8.22. The molecule has 0 unspecified atom stereocenters. The second-order valence-corrected chi connectivity index (χ2v) is 8.22. The predicted octanol–water partition coefficient (Wildman–Crippen LogP) is 2.56. The molecule has 0 aliphatic carbocycles. The molecule has 10 nitrogen and oxygen atoms in total. The van der Waals surface area contributed by atoms with Gasteiger partial charge in [-0.25, -0.2) is 5.84 Å². The summed E-state index contributed by atoms with van der Waals surface area (Å²) in [6.07, 6.45) is 9.10. The Bertz CT molecular complexity index is 826. The van der Waals surface area contributed by atoms with Gasteiger partial charge >= 0.3 is 0 Å². The van der Waals surface area contributed by atoms with Crippen molar-refractivity contribution in [3.8, 4) is 17.2 Å². The van der Waals surface area contributed by atoms with Crippen LogP contribution in [0.15, 0.2) is 35.9 Å². The van der Waals surface area contributed by atoms with Crippen LogP contribution in [0.3, 0.4) is 0 Å². The van der Waals surface area contributed by atoms with Crippen molar-refractivity contribution in [1.29, 1.82) is 0 Å². The first kappa shape index (κ1) is 29.8. The van der Waals surface area contributed by atoms with Crippen molar-refractivity contribution in [2.45, 2.75) is 51.9 Å². The number of carbonyl (C=O) groups excluding carboxylic acids is 1. The molecule has 1 aromatic carbocycles. The van der Waals surface area contributed by atoms with Crippen molar-refractivity contribution in [2.75, 3.05) is 41.0 Å². The van der Waals surface area contributed by atoms with Crippen molar-refractivity contribution in [1.82, 2.24) is 15.6 Å². The maximum absolute atomic E-state index is 12.4. The predicted molar refractivity (Wildman–Crippen MR) is 140 cm³/mol. The quantitative estimate of drug-likeness (QED) is 0.118. The van der Waals surface area contributed by atoms with Gasteiger partial charge in [0, 0.05) is 50.5 Å². The van der Waals surface area contributed by atoms with Gasteiger partial charge in [0.15, 0.2) is 11.5 Å². The van der Waals surface area contributed by atoms with Gasteiger partial charge in [-0.15, -0.1) is 0 Å². The highest BCUT2D eigenvalue weighted by molar-refractivity contribution is 5.95. The smallest absolute Gasteiger partial charge is 0.251 e. The van der Waals surface area contributed by atoms with E-state index in [1.807, 2.05) is 14.0 Å². The summed E-state index contributed by atoms with van der Waals surface area (Å²) in [5.74, 6) is 6.85. The molecule has 0 fully saturated rings. The molecule has 0 radical (unpaired) electrons. The van der Waals surface area contributed by atoms with Gasteiger partial charge in [0.2, 0.25) is 5.75 Å². The highest BCUT2D eigenvalue weighted by atomic mass is 16.5. The van der Waals surface area contributed by atoms with Gasteiger partial charge in [0.1, 0.15) is 0 Å². The number of nitrogens with two attached hydrogens (primary N) is 3. The Hall–Kier alpha value is -3.27. The standard InChI is InChI=1S/C25H44N6O4/c1-5-12-35-24-22(33-13-8-6-10-20(26)17-29-2)15-19(25(32)30-3)16-23(24)34-14-9-7-11-21(27)18-31(4)28/h15-18,29H,5-14,26-28H2,1-4H3,(H,30,32)/b20-17-,21-18-. The fraction of sp³-hybridized carbons (Fsp3) is 0.560. The molecule has 0 saturated heterocycles. The number of hydrogen-bond acceptors (Lipinski definition) is 9. The van der Waals surface area contributed by atoms with Crippen LogP contribution >= 0.6 is 0 Å². The molecule has 0 aliphatic heterocycles. The fourth-order valence-corrected chi connectivity index (χ4v) is 3.22. The minimum Gasteiger partial charge on any atom is -0.490 e. The molecule has 1 rings (SSSR count). The van der Waals surface area contributed by atoms with Crippen LogP contribution in [-0.2, 0) is 0 Å².